The minimum atomic E-state index is 0.621. The molecule has 0 aliphatic carbocycles. The molecule has 0 amide bonds. The third kappa shape index (κ3) is 2.18. The Morgan fingerprint density at radius 3 is 2.65 bits per heavy atom. The van der Waals surface area contributed by atoms with Crippen LogP contribution in [-0.4, -0.2) is 9.97 Å². The molecular weight excluding hydrogens is 212 g/mol. The first kappa shape index (κ1) is 10.0. The van der Waals surface area contributed by atoms with Gasteiger partial charge in [-0.25, -0.2) is 9.97 Å². The summed E-state index contributed by atoms with van der Waals surface area (Å²) in [5, 5.41) is 0. The molecule has 0 bridgehead atoms. The van der Waals surface area contributed by atoms with Crippen LogP contribution in [-0.2, 0) is 12.8 Å². The van der Waals surface area contributed by atoms with Crippen LogP contribution in [0.25, 0.3) is 11.2 Å². The average molecular weight is 224 g/mol. The number of pyridine rings is 1. The van der Waals surface area contributed by atoms with E-state index >= 15 is 0 Å². The predicted octanol–water partition coefficient (Wildman–Crippen LogP) is 3.01. The number of hydrogen-bond donors (Lipinski definition) is 0. The Kier molecular flexibility index (Phi) is 2.58. The molecule has 0 atom stereocenters. The third-order valence-electron chi connectivity index (χ3n) is 2.68. The second-order valence-electron chi connectivity index (χ2n) is 3.92. The van der Waals surface area contributed by atoms with Crippen molar-refractivity contribution >= 4 is 11.2 Å². The summed E-state index contributed by atoms with van der Waals surface area (Å²) in [4.78, 5) is 8.53. The number of rotatable bonds is 3. The van der Waals surface area contributed by atoms with Gasteiger partial charge in [0, 0.05) is 12.6 Å². The van der Waals surface area contributed by atoms with Crippen LogP contribution >= 0.6 is 0 Å². The molecule has 0 saturated carbocycles. The second kappa shape index (κ2) is 4.37. The summed E-state index contributed by atoms with van der Waals surface area (Å²) in [7, 11) is 0. The Morgan fingerprint density at radius 1 is 0.941 bits per heavy atom. The molecule has 0 aliphatic heterocycles. The molecule has 0 N–H and O–H groups in total. The van der Waals surface area contributed by atoms with Crippen LogP contribution in [0.5, 0.6) is 0 Å². The van der Waals surface area contributed by atoms with Crippen LogP contribution in [0.2, 0.25) is 0 Å². The normalized spacial score (nSPS) is 10.8. The molecule has 0 unspecified atom stereocenters. The molecule has 0 radical (unpaired) electrons. The van der Waals surface area contributed by atoms with E-state index in [4.69, 9.17) is 4.42 Å². The van der Waals surface area contributed by atoms with Crippen LogP contribution in [0.4, 0.5) is 0 Å². The van der Waals surface area contributed by atoms with Gasteiger partial charge in [-0.2, -0.15) is 0 Å². The first-order valence-electron chi connectivity index (χ1n) is 5.66. The van der Waals surface area contributed by atoms with Gasteiger partial charge in [-0.1, -0.05) is 30.3 Å². The lowest BCUT2D eigenvalue weighted by atomic mass is 10.1. The first-order chi connectivity index (χ1) is 8.42. The second-order valence-corrected chi connectivity index (χ2v) is 3.92. The van der Waals surface area contributed by atoms with E-state index < -0.39 is 0 Å². The maximum absolute atomic E-state index is 5.57. The van der Waals surface area contributed by atoms with Crippen molar-refractivity contribution in [2.45, 2.75) is 12.8 Å². The monoisotopic (exact) mass is 224 g/mol. The largest absolute Gasteiger partial charge is 0.422 e. The molecule has 1 aromatic carbocycles. The van der Waals surface area contributed by atoms with Crippen LogP contribution in [0.3, 0.4) is 0 Å². The fourth-order valence-corrected chi connectivity index (χ4v) is 1.82. The summed E-state index contributed by atoms with van der Waals surface area (Å²) in [6.45, 7) is 0. The zero-order valence-electron chi connectivity index (χ0n) is 9.34. The lowest BCUT2D eigenvalue weighted by molar-refractivity contribution is 0.520. The van der Waals surface area contributed by atoms with E-state index in [0.29, 0.717) is 5.71 Å². The van der Waals surface area contributed by atoms with Crippen molar-refractivity contribution in [3.63, 3.8) is 0 Å². The Labute approximate surface area is 99.1 Å². The van der Waals surface area contributed by atoms with Crippen LogP contribution in [0, 0.1) is 0 Å². The van der Waals surface area contributed by atoms with Gasteiger partial charge < -0.3 is 4.42 Å². The topological polar surface area (TPSA) is 38.9 Å². The van der Waals surface area contributed by atoms with E-state index in [-0.39, 0.29) is 0 Å². The molecule has 17 heavy (non-hydrogen) atoms. The van der Waals surface area contributed by atoms with Gasteiger partial charge in [-0.3, -0.25) is 0 Å². The van der Waals surface area contributed by atoms with Crippen molar-refractivity contribution in [2.75, 3.05) is 0 Å². The van der Waals surface area contributed by atoms with E-state index in [1.54, 1.807) is 6.20 Å². The summed E-state index contributed by atoms with van der Waals surface area (Å²) >= 11 is 0. The number of aromatic nitrogens is 2. The highest BCUT2D eigenvalue weighted by Crippen LogP contribution is 2.13. The zero-order valence-corrected chi connectivity index (χ0v) is 9.34. The van der Waals surface area contributed by atoms with Crippen molar-refractivity contribution in [1.82, 2.24) is 9.97 Å². The van der Waals surface area contributed by atoms with Crippen molar-refractivity contribution < 1.29 is 4.42 Å². The quantitative estimate of drug-likeness (QED) is 0.686. The Hall–Kier alpha value is -2.16. The Bertz CT molecular complexity index is 583. The summed E-state index contributed by atoms with van der Waals surface area (Å²) in [5.41, 5.74) is 2.74. The molecule has 3 aromatic rings. The molecule has 3 rings (SSSR count). The number of hydrogen-bond acceptors (Lipinski definition) is 3. The molecule has 84 valence electrons. The number of nitrogens with zero attached hydrogens (tertiary/aromatic N) is 2. The van der Waals surface area contributed by atoms with Crippen molar-refractivity contribution in [3.05, 3.63) is 60.1 Å². The van der Waals surface area contributed by atoms with E-state index in [2.05, 4.69) is 22.1 Å². The third-order valence-corrected chi connectivity index (χ3v) is 2.68. The highest BCUT2D eigenvalue weighted by Gasteiger charge is 2.05. The van der Waals surface area contributed by atoms with E-state index in [9.17, 15) is 0 Å². The number of fused-ring (bicyclic) bond motifs is 1. The maximum Gasteiger partial charge on any atom is 0.246 e. The molecular formula is C14H12N2O. The molecule has 0 aliphatic rings. The van der Waals surface area contributed by atoms with Gasteiger partial charge in [0.1, 0.15) is 5.52 Å². The van der Waals surface area contributed by atoms with Gasteiger partial charge in [-0.15, -0.1) is 0 Å². The Morgan fingerprint density at radius 2 is 1.82 bits per heavy atom. The number of benzene rings is 1. The van der Waals surface area contributed by atoms with Crippen LogP contribution in [0.1, 0.15) is 11.5 Å². The van der Waals surface area contributed by atoms with Gasteiger partial charge in [0.2, 0.25) is 5.71 Å². The molecule has 3 heteroatoms. The molecule has 0 fully saturated rings. The summed E-state index contributed by atoms with van der Waals surface area (Å²) in [6.07, 6.45) is 3.46. The minimum absolute atomic E-state index is 0.621. The van der Waals surface area contributed by atoms with Crippen molar-refractivity contribution in [3.8, 4) is 0 Å². The lowest BCUT2D eigenvalue weighted by Gasteiger charge is -1.96. The lowest BCUT2D eigenvalue weighted by Crippen LogP contribution is -1.90. The number of oxazole rings is 1. The highest BCUT2D eigenvalue weighted by molar-refractivity contribution is 5.67. The summed E-state index contributed by atoms with van der Waals surface area (Å²) < 4.78 is 5.57. The van der Waals surface area contributed by atoms with Crippen LogP contribution in [0.15, 0.2) is 53.1 Å². The van der Waals surface area contributed by atoms with Gasteiger partial charge in [-0.05, 0) is 24.1 Å². The zero-order chi connectivity index (χ0) is 11.5. The van der Waals surface area contributed by atoms with Crippen molar-refractivity contribution in [1.29, 1.82) is 0 Å². The molecule has 0 saturated heterocycles. The van der Waals surface area contributed by atoms with E-state index in [0.717, 1.165) is 24.2 Å². The van der Waals surface area contributed by atoms with E-state index in [1.165, 1.54) is 5.56 Å². The molecule has 2 aromatic heterocycles. The number of aryl methyl sites for hydroxylation is 2. The van der Waals surface area contributed by atoms with Gasteiger partial charge >= 0.3 is 0 Å². The fraction of sp³-hybridized carbons (Fsp3) is 0.143. The highest BCUT2D eigenvalue weighted by atomic mass is 16.4. The van der Waals surface area contributed by atoms with Gasteiger partial charge in [0.05, 0.1) is 0 Å². The maximum atomic E-state index is 5.57. The first-order valence-corrected chi connectivity index (χ1v) is 5.66. The van der Waals surface area contributed by atoms with Crippen molar-refractivity contribution in [2.24, 2.45) is 0 Å². The fourth-order valence-electron chi connectivity index (χ4n) is 1.82. The smallest absolute Gasteiger partial charge is 0.246 e. The Balaban J connectivity index is 1.77. The minimum Gasteiger partial charge on any atom is -0.422 e. The van der Waals surface area contributed by atoms with Gasteiger partial charge in [0.15, 0.2) is 5.89 Å². The molecule has 0 spiro atoms. The predicted molar refractivity (Wildman–Crippen MR) is 65.7 cm³/mol. The molecule has 2 heterocycles. The summed E-state index contributed by atoms with van der Waals surface area (Å²) in [5.74, 6) is 0.752. The van der Waals surface area contributed by atoms with Gasteiger partial charge in [0.25, 0.3) is 0 Å². The average Bonchev–Trinajstić information content (AvgIpc) is 2.80. The summed E-state index contributed by atoms with van der Waals surface area (Å²) in [6, 6.07) is 14.1. The molecule has 3 nitrogen and oxygen atoms in total. The van der Waals surface area contributed by atoms with E-state index in [1.807, 2.05) is 30.3 Å². The SMILES string of the molecule is c1ccc(CCc2nc3cccnc3o2)cc1. The van der Waals surface area contributed by atoms with Crippen LogP contribution < -0.4 is 0 Å². The standard InChI is InChI=1S/C14H12N2O/c1-2-5-11(6-3-1)8-9-13-16-12-7-4-10-15-14(12)17-13/h1-7,10H,8-9H2.